The van der Waals surface area contributed by atoms with Gasteiger partial charge in [-0.3, -0.25) is 15.1 Å². The second-order valence-electron chi connectivity index (χ2n) is 6.22. The Labute approximate surface area is 187 Å². The van der Waals surface area contributed by atoms with E-state index in [4.69, 9.17) is 16.3 Å². The molecule has 0 atom stereocenters. The van der Waals surface area contributed by atoms with E-state index in [1.165, 1.54) is 25.4 Å². The third-order valence-electron chi connectivity index (χ3n) is 4.49. The molecule has 4 aromatic rings. The van der Waals surface area contributed by atoms with Gasteiger partial charge in [-0.2, -0.15) is 5.26 Å². The molecule has 0 fully saturated rings. The van der Waals surface area contributed by atoms with Crippen LogP contribution >= 0.6 is 24.0 Å². The predicted octanol–water partition coefficient (Wildman–Crippen LogP) is 5.03. The highest BCUT2D eigenvalue weighted by Gasteiger charge is 2.20. The van der Waals surface area contributed by atoms with Gasteiger partial charge in [-0.05, 0) is 18.2 Å². The van der Waals surface area contributed by atoms with E-state index >= 15 is 0 Å². The second-order valence-corrected chi connectivity index (χ2v) is 6.63. The number of rotatable bonds is 5. The molecule has 2 aromatic carbocycles. The first-order valence-corrected chi connectivity index (χ1v) is 8.99. The molecule has 4 rings (SSSR count). The molecule has 0 aliphatic heterocycles. The maximum absolute atomic E-state index is 11.4. The van der Waals surface area contributed by atoms with Crippen molar-refractivity contribution in [1.29, 1.82) is 5.26 Å². The standard InChI is InChI=1S/C20H13ClN6O3.ClH/c1-30-19-8-16-14(7-18(19)27(28)29)20(12(9-22)10-24-16)25-13-2-3-17(15(21)6-13)26-5-4-23-11-26;/h2-8,10-11H,1H3,(H,24,25);1H. The van der Waals surface area contributed by atoms with E-state index in [-0.39, 0.29) is 29.4 Å². The minimum atomic E-state index is -0.544. The van der Waals surface area contributed by atoms with Gasteiger partial charge in [-0.1, -0.05) is 11.6 Å². The molecule has 0 saturated heterocycles. The van der Waals surface area contributed by atoms with Crippen LogP contribution < -0.4 is 10.1 Å². The lowest BCUT2D eigenvalue weighted by Crippen LogP contribution is -2.00. The summed E-state index contributed by atoms with van der Waals surface area (Å²) in [6.07, 6.45) is 6.44. The molecule has 0 aliphatic carbocycles. The fraction of sp³-hybridized carbons (Fsp3) is 0.0500. The number of nitrogens with one attached hydrogen (secondary N) is 1. The molecule has 11 heteroatoms. The summed E-state index contributed by atoms with van der Waals surface area (Å²) in [4.78, 5) is 19.1. The Morgan fingerprint density at radius 2 is 2.13 bits per heavy atom. The van der Waals surface area contributed by atoms with Gasteiger partial charge in [-0.25, -0.2) is 4.98 Å². The molecule has 2 heterocycles. The third kappa shape index (κ3) is 4.07. The number of nitrogens with zero attached hydrogens (tertiary/aromatic N) is 5. The van der Waals surface area contributed by atoms with E-state index in [0.29, 0.717) is 27.3 Å². The molecule has 9 nitrogen and oxygen atoms in total. The highest BCUT2D eigenvalue weighted by atomic mass is 35.5. The Morgan fingerprint density at radius 1 is 1.32 bits per heavy atom. The minimum absolute atomic E-state index is 0. The number of methoxy groups -OCH3 is 1. The van der Waals surface area contributed by atoms with Crippen molar-refractivity contribution in [2.45, 2.75) is 0 Å². The molecule has 0 saturated carbocycles. The summed E-state index contributed by atoms with van der Waals surface area (Å²) in [6, 6.07) is 10.1. The molecule has 31 heavy (non-hydrogen) atoms. The lowest BCUT2D eigenvalue weighted by Gasteiger charge is -2.14. The quantitative estimate of drug-likeness (QED) is 0.330. The van der Waals surface area contributed by atoms with Gasteiger partial charge in [0.25, 0.3) is 0 Å². The largest absolute Gasteiger partial charge is 0.490 e. The zero-order chi connectivity index (χ0) is 21.3. The van der Waals surface area contributed by atoms with Crippen LogP contribution in [0.5, 0.6) is 5.75 Å². The van der Waals surface area contributed by atoms with Crippen LogP contribution in [0, 0.1) is 21.4 Å². The molecule has 0 aliphatic rings. The Kier molecular flexibility index (Phi) is 6.25. The van der Waals surface area contributed by atoms with Crippen molar-refractivity contribution in [2.24, 2.45) is 0 Å². The van der Waals surface area contributed by atoms with E-state index in [9.17, 15) is 15.4 Å². The van der Waals surface area contributed by atoms with E-state index in [1.54, 1.807) is 41.5 Å². The highest BCUT2D eigenvalue weighted by Crippen LogP contribution is 2.37. The summed E-state index contributed by atoms with van der Waals surface area (Å²) in [6.45, 7) is 0. The lowest BCUT2D eigenvalue weighted by atomic mass is 10.1. The van der Waals surface area contributed by atoms with Crippen molar-refractivity contribution >= 4 is 52.0 Å². The molecular formula is C20H14Cl2N6O3. The maximum atomic E-state index is 11.4. The summed E-state index contributed by atoms with van der Waals surface area (Å²) in [5.41, 5.74) is 2.18. The number of pyridine rings is 1. The predicted molar refractivity (Wildman–Crippen MR) is 119 cm³/mol. The maximum Gasteiger partial charge on any atom is 0.311 e. The topological polar surface area (TPSA) is 119 Å². The van der Waals surface area contributed by atoms with Crippen LogP contribution in [0.2, 0.25) is 5.02 Å². The Balaban J connectivity index is 0.00000272. The molecular weight excluding hydrogens is 443 g/mol. The van der Waals surface area contributed by atoms with Gasteiger partial charge < -0.3 is 14.6 Å². The van der Waals surface area contributed by atoms with E-state index in [1.807, 2.05) is 0 Å². The smallest absolute Gasteiger partial charge is 0.311 e. The van der Waals surface area contributed by atoms with Crippen molar-refractivity contribution in [3.63, 3.8) is 0 Å². The number of fused-ring (bicyclic) bond motifs is 1. The van der Waals surface area contributed by atoms with Crippen molar-refractivity contribution < 1.29 is 9.66 Å². The number of imidazole rings is 1. The summed E-state index contributed by atoms with van der Waals surface area (Å²) in [7, 11) is 1.35. The summed E-state index contributed by atoms with van der Waals surface area (Å²) >= 11 is 6.41. The zero-order valence-corrected chi connectivity index (χ0v) is 17.5. The van der Waals surface area contributed by atoms with Gasteiger partial charge in [0.2, 0.25) is 0 Å². The first-order valence-electron chi connectivity index (χ1n) is 8.62. The fourth-order valence-corrected chi connectivity index (χ4v) is 3.35. The van der Waals surface area contributed by atoms with Crippen molar-refractivity contribution in [2.75, 3.05) is 12.4 Å². The van der Waals surface area contributed by atoms with E-state index < -0.39 is 4.92 Å². The molecule has 0 unspecified atom stereocenters. The monoisotopic (exact) mass is 456 g/mol. The number of aromatic nitrogens is 3. The number of halogens is 2. The first kappa shape index (κ1) is 21.8. The number of hydrogen-bond donors (Lipinski definition) is 1. The minimum Gasteiger partial charge on any atom is -0.490 e. The number of ether oxygens (including phenoxy) is 1. The molecule has 0 radical (unpaired) electrons. The summed E-state index contributed by atoms with van der Waals surface area (Å²) in [5, 5.41) is 25.0. The molecule has 2 aromatic heterocycles. The summed E-state index contributed by atoms with van der Waals surface area (Å²) in [5.74, 6) is 0.0865. The van der Waals surface area contributed by atoms with E-state index in [0.717, 1.165) is 5.69 Å². The SMILES string of the molecule is COc1cc2ncc(C#N)c(Nc3ccc(-n4ccnc4)c(Cl)c3)c2cc1[N+](=O)[O-].Cl. The van der Waals surface area contributed by atoms with Gasteiger partial charge in [-0.15, -0.1) is 12.4 Å². The Bertz CT molecular complexity index is 1320. The zero-order valence-electron chi connectivity index (χ0n) is 15.9. The highest BCUT2D eigenvalue weighted by molar-refractivity contribution is 6.32. The van der Waals surface area contributed by atoms with Crippen molar-refractivity contribution in [3.05, 3.63) is 76.0 Å². The average Bonchev–Trinajstić information content (AvgIpc) is 3.27. The van der Waals surface area contributed by atoms with Gasteiger partial charge in [0.1, 0.15) is 6.07 Å². The van der Waals surface area contributed by atoms with Crippen LogP contribution in [0.15, 0.2) is 55.2 Å². The van der Waals surface area contributed by atoms with Crippen LogP contribution in [-0.4, -0.2) is 26.6 Å². The Hall–Kier alpha value is -3.87. The van der Waals surface area contributed by atoms with Gasteiger partial charge in [0.05, 0.1) is 45.8 Å². The van der Waals surface area contributed by atoms with Crippen LogP contribution in [0.25, 0.3) is 16.6 Å². The van der Waals surface area contributed by atoms with Gasteiger partial charge >= 0.3 is 5.69 Å². The van der Waals surface area contributed by atoms with E-state index in [2.05, 4.69) is 21.4 Å². The van der Waals surface area contributed by atoms with Crippen LogP contribution in [-0.2, 0) is 0 Å². The van der Waals surface area contributed by atoms with Gasteiger partial charge in [0.15, 0.2) is 5.75 Å². The van der Waals surface area contributed by atoms with Crippen molar-refractivity contribution in [1.82, 2.24) is 14.5 Å². The molecule has 156 valence electrons. The molecule has 0 spiro atoms. The summed E-state index contributed by atoms with van der Waals surface area (Å²) < 4.78 is 6.87. The number of benzene rings is 2. The number of nitro benzene ring substituents is 1. The third-order valence-corrected chi connectivity index (χ3v) is 4.79. The van der Waals surface area contributed by atoms with Crippen LogP contribution in [0.4, 0.5) is 17.1 Å². The number of hydrogen-bond acceptors (Lipinski definition) is 7. The average molecular weight is 457 g/mol. The van der Waals surface area contributed by atoms with Crippen LogP contribution in [0.1, 0.15) is 5.56 Å². The number of nitriles is 1. The molecule has 0 amide bonds. The Morgan fingerprint density at radius 3 is 2.74 bits per heavy atom. The second kappa shape index (κ2) is 8.87. The first-order chi connectivity index (χ1) is 14.5. The van der Waals surface area contributed by atoms with Crippen LogP contribution in [0.3, 0.4) is 0 Å². The number of nitro groups is 1. The van der Waals surface area contributed by atoms with Gasteiger partial charge in [0, 0.05) is 41.8 Å². The van der Waals surface area contributed by atoms with Crippen molar-refractivity contribution in [3.8, 4) is 17.5 Å². The molecule has 0 bridgehead atoms. The molecule has 1 N–H and O–H groups in total. The number of anilines is 2. The normalized spacial score (nSPS) is 10.2. The fourth-order valence-electron chi connectivity index (χ4n) is 3.07. The lowest BCUT2D eigenvalue weighted by molar-refractivity contribution is -0.385.